The van der Waals surface area contributed by atoms with Crippen LogP contribution in [-0.2, 0) is 13.2 Å². The van der Waals surface area contributed by atoms with E-state index in [9.17, 15) is 32.7 Å². The van der Waals surface area contributed by atoms with Gasteiger partial charge in [-0.25, -0.2) is 9.18 Å². The van der Waals surface area contributed by atoms with Gasteiger partial charge < -0.3 is 20.1 Å². The summed E-state index contributed by atoms with van der Waals surface area (Å²) < 4.78 is 60.8. The number of hydrogen-bond acceptors (Lipinski definition) is 7. The van der Waals surface area contributed by atoms with Crippen molar-refractivity contribution < 1.29 is 32.2 Å². The summed E-state index contributed by atoms with van der Waals surface area (Å²) in [4.78, 5) is 43.0. The van der Waals surface area contributed by atoms with Crippen LogP contribution in [0.2, 0.25) is 10.0 Å². The van der Waals surface area contributed by atoms with Gasteiger partial charge in [0.25, 0.3) is 11.5 Å². The number of aliphatic hydroxyl groups is 1. The molecule has 3 rings (SSSR count). The Labute approximate surface area is 208 Å². The molecule has 0 radical (unpaired) electrons. The van der Waals surface area contributed by atoms with Crippen LogP contribution in [0.4, 0.5) is 23.2 Å². The average molecular weight is 555 g/mol. The molecule has 0 saturated heterocycles. The number of alkyl halides is 3. The number of nitrogens with zero attached hydrogens (tertiary/aromatic N) is 4. The van der Waals surface area contributed by atoms with Crippen LogP contribution < -0.4 is 21.3 Å². The normalized spacial score (nSPS) is 12.5. The van der Waals surface area contributed by atoms with Crippen LogP contribution in [0, 0.1) is 5.82 Å². The number of carbonyl (C=O) groups is 1. The Hall–Kier alpha value is -3.43. The largest absolute Gasteiger partial charge is 0.464 e. The minimum Gasteiger partial charge on any atom is -0.464 e. The van der Waals surface area contributed by atoms with Gasteiger partial charge in [-0.05, 0) is 19.9 Å². The number of amides is 1. The molecule has 0 fully saturated rings. The van der Waals surface area contributed by atoms with Gasteiger partial charge in [-0.2, -0.15) is 22.8 Å². The second-order valence-corrected chi connectivity index (χ2v) is 7.86. The van der Waals surface area contributed by atoms with E-state index in [2.05, 4.69) is 20.4 Å². The van der Waals surface area contributed by atoms with Gasteiger partial charge in [-0.3, -0.25) is 14.2 Å². The third-order valence-electron chi connectivity index (χ3n) is 4.74. The number of H-pyrrole nitrogens is 1. The van der Waals surface area contributed by atoms with E-state index >= 15 is 4.39 Å². The van der Waals surface area contributed by atoms with Crippen molar-refractivity contribution in [3.8, 4) is 11.7 Å². The lowest BCUT2D eigenvalue weighted by Gasteiger charge is -2.19. The number of aromatic nitrogens is 5. The first-order valence-corrected chi connectivity index (χ1v) is 10.7. The molecule has 194 valence electrons. The number of rotatable bonds is 7. The zero-order valence-corrected chi connectivity index (χ0v) is 19.8. The molecule has 3 aromatic rings. The lowest BCUT2D eigenvalue weighted by molar-refractivity contribution is -0.190. The summed E-state index contributed by atoms with van der Waals surface area (Å²) in [6.45, 7) is 1.47. The summed E-state index contributed by atoms with van der Waals surface area (Å²) in [7, 11) is 0. The minimum absolute atomic E-state index is 0.0308. The predicted octanol–water partition coefficient (Wildman–Crippen LogP) is 2.66. The summed E-state index contributed by atoms with van der Waals surface area (Å²) in [6.07, 6.45) is -6.43. The first kappa shape index (κ1) is 27.2. The second-order valence-electron chi connectivity index (χ2n) is 7.07. The Bertz CT molecular complexity index is 1440. The van der Waals surface area contributed by atoms with Crippen molar-refractivity contribution in [2.75, 3.05) is 5.32 Å². The van der Waals surface area contributed by atoms with Gasteiger partial charge in [-0.1, -0.05) is 23.2 Å². The number of hydrogen-bond donors (Lipinski definition) is 3. The fourth-order valence-corrected chi connectivity index (χ4v) is 3.33. The van der Waals surface area contributed by atoms with Crippen molar-refractivity contribution in [2.45, 2.75) is 39.3 Å². The van der Waals surface area contributed by atoms with Crippen LogP contribution in [0.1, 0.15) is 30.0 Å². The van der Waals surface area contributed by atoms with Gasteiger partial charge in [0.1, 0.15) is 17.2 Å². The molecule has 3 aromatic heterocycles. The van der Waals surface area contributed by atoms with E-state index in [0.29, 0.717) is 17.7 Å². The van der Waals surface area contributed by atoms with Gasteiger partial charge in [0, 0.05) is 12.7 Å². The van der Waals surface area contributed by atoms with Crippen molar-refractivity contribution in [3.63, 3.8) is 0 Å². The van der Waals surface area contributed by atoms with Gasteiger partial charge in [0.05, 0.1) is 10.7 Å². The van der Waals surface area contributed by atoms with E-state index in [0.717, 1.165) is 10.8 Å². The Morgan fingerprint density at radius 2 is 2.00 bits per heavy atom. The molecule has 36 heavy (non-hydrogen) atoms. The maximum Gasteiger partial charge on any atom is 0.425 e. The topological polar surface area (TPSA) is 144 Å². The Kier molecular flexibility index (Phi) is 7.76. The molecule has 0 aliphatic heterocycles. The number of pyridine rings is 2. The Morgan fingerprint density at radius 3 is 2.56 bits per heavy atom. The lowest BCUT2D eigenvalue weighted by atomic mass is 10.2. The van der Waals surface area contributed by atoms with E-state index in [1.54, 1.807) is 0 Å². The minimum atomic E-state index is -4.91. The van der Waals surface area contributed by atoms with Crippen LogP contribution >= 0.6 is 23.2 Å². The lowest BCUT2D eigenvalue weighted by Crippen LogP contribution is -2.33. The molecule has 0 aromatic carbocycles. The molecular weight excluding hydrogens is 539 g/mol. The quantitative estimate of drug-likeness (QED) is 0.381. The maximum atomic E-state index is 15.0. The first-order chi connectivity index (χ1) is 16.8. The molecule has 1 atom stereocenters. The molecule has 0 unspecified atom stereocenters. The molecule has 3 heterocycles. The molecule has 0 saturated carbocycles. The number of carbonyl (C=O) groups excluding carboxylic acids is 1. The number of nitrogens with one attached hydrogen (secondary N) is 2. The van der Waals surface area contributed by atoms with E-state index in [1.807, 2.05) is 0 Å². The second kappa shape index (κ2) is 10.3. The van der Waals surface area contributed by atoms with E-state index < -0.39 is 69.8 Å². The van der Waals surface area contributed by atoms with Crippen molar-refractivity contribution >= 4 is 34.8 Å². The van der Waals surface area contributed by atoms with E-state index in [4.69, 9.17) is 27.9 Å². The molecule has 17 heteroatoms. The smallest absolute Gasteiger partial charge is 0.425 e. The molecule has 11 nitrogen and oxygen atoms in total. The monoisotopic (exact) mass is 554 g/mol. The number of halogens is 6. The van der Waals surface area contributed by atoms with Crippen LogP contribution in [0.3, 0.4) is 0 Å². The van der Waals surface area contributed by atoms with Gasteiger partial charge in [0.2, 0.25) is 5.88 Å². The highest BCUT2D eigenvalue weighted by Crippen LogP contribution is 2.31. The summed E-state index contributed by atoms with van der Waals surface area (Å²) >= 11 is 11.7. The van der Waals surface area contributed by atoms with Crippen molar-refractivity contribution in [1.29, 1.82) is 0 Å². The molecule has 0 aliphatic carbocycles. The van der Waals surface area contributed by atoms with Crippen LogP contribution in [0.15, 0.2) is 21.9 Å². The molecule has 1 amide bonds. The summed E-state index contributed by atoms with van der Waals surface area (Å²) in [6, 6.07) is 0.459. The number of anilines is 1. The summed E-state index contributed by atoms with van der Waals surface area (Å²) in [5.74, 6) is -4.71. The third-order valence-corrected chi connectivity index (χ3v) is 5.40. The fraction of sp³-hybridized carbons (Fsp3) is 0.316. The van der Waals surface area contributed by atoms with Crippen molar-refractivity contribution in [1.82, 2.24) is 24.3 Å². The first-order valence-electron chi connectivity index (χ1n) is 9.92. The van der Waals surface area contributed by atoms with Crippen LogP contribution in [0.5, 0.6) is 5.88 Å². The zero-order chi connectivity index (χ0) is 26.9. The predicted molar refractivity (Wildman–Crippen MR) is 118 cm³/mol. The van der Waals surface area contributed by atoms with Gasteiger partial charge in [0.15, 0.2) is 23.6 Å². The third kappa shape index (κ3) is 5.22. The number of aromatic amines is 1. The van der Waals surface area contributed by atoms with E-state index in [1.165, 1.54) is 6.92 Å². The molecule has 0 aliphatic rings. The average Bonchev–Trinajstić information content (AvgIpc) is 3.14. The summed E-state index contributed by atoms with van der Waals surface area (Å²) in [5.41, 5.74) is -3.05. The zero-order valence-electron chi connectivity index (χ0n) is 18.3. The summed E-state index contributed by atoms with van der Waals surface area (Å²) in [5, 5.41) is 14.4. The SMILES string of the molecule is CCn1c(CO)nn(-c2nc(O[C@@H](C)C(F)(F)F)c(C(=O)Nc3c(Cl)c[nH]c(=O)c3Cl)cc2F)c1=O. The Balaban J connectivity index is 2.18. The van der Waals surface area contributed by atoms with Gasteiger partial charge in [-0.15, -0.1) is 5.10 Å². The molecule has 3 N–H and O–H groups in total. The highest BCUT2D eigenvalue weighted by molar-refractivity contribution is 6.39. The number of aliphatic hydroxyl groups excluding tert-OH is 1. The van der Waals surface area contributed by atoms with Crippen LogP contribution in [-0.4, -0.2) is 47.6 Å². The standard InChI is InChI=1S/C19H16Cl2F4N6O5/c1-3-30-11(6-32)29-31(18(30)35)14-10(22)4-8(17(28-14)36-7(2)19(23,24)25)15(33)27-13-9(20)5-26-16(34)12(13)21/h4-5,7,32H,3,6H2,1-2H3,(H2,26,27,33,34)/t7-/m0/s1. The van der Waals surface area contributed by atoms with Crippen LogP contribution in [0.25, 0.3) is 5.82 Å². The highest BCUT2D eigenvalue weighted by Gasteiger charge is 2.39. The Morgan fingerprint density at radius 1 is 1.33 bits per heavy atom. The van der Waals surface area contributed by atoms with Crippen molar-refractivity contribution in [3.05, 3.63) is 60.4 Å². The van der Waals surface area contributed by atoms with Gasteiger partial charge >= 0.3 is 11.9 Å². The number of ether oxygens (including phenoxy) is 1. The maximum absolute atomic E-state index is 15.0. The molecule has 0 spiro atoms. The van der Waals surface area contributed by atoms with Crippen molar-refractivity contribution in [2.24, 2.45) is 0 Å². The fourth-order valence-electron chi connectivity index (χ4n) is 2.89. The molecule has 0 bridgehead atoms. The highest BCUT2D eigenvalue weighted by atomic mass is 35.5. The molecular formula is C19H16Cl2F4N6O5. The van der Waals surface area contributed by atoms with E-state index in [-0.39, 0.29) is 17.4 Å².